The molecular weight excluding hydrogens is 332 g/mol. The summed E-state index contributed by atoms with van der Waals surface area (Å²) in [4.78, 5) is 13.5. The molecule has 2 aromatic rings. The van der Waals surface area contributed by atoms with Gasteiger partial charge >= 0.3 is 0 Å². The van der Waals surface area contributed by atoms with E-state index in [0.29, 0.717) is 6.04 Å². The number of fused-ring (bicyclic) bond motifs is 1. The second kappa shape index (κ2) is 6.52. The zero-order chi connectivity index (χ0) is 17.6. The maximum atomic E-state index is 4.81. The zero-order valence-electron chi connectivity index (χ0n) is 15.9. The van der Waals surface area contributed by atoms with Crippen molar-refractivity contribution in [3.63, 3.8) is 0 Å². The van der Waals surface area contributed by atoms with E-state index >= 15 is 0 Å². The molecule has 0 amide bonds. The number of anilines is 1. The Balaban J connectivity index is 1.41. The van der Waals surface area contributed by atoms with Gasteiger partial charge in [-0.25, -0.2) is 9.50 Å². The van der Waals surface area contributed by atoms with Crippen molar-refractivity contribution in [2.24, 2.45) is 0 Å². The Morgan fingerprint density at radius 1 is 1.16 bits per heavy atom. The van der Waals surface area contributed by atoms with Gasteiger partial charge in [-0.3, -0.25) is 4.90 Å². The van der Waals surface area contributed by atoms with Crippen LogP contribution in [-0.4, -0.2) is 76.3 Å². The summed E-state index contributed by atoms with van der Waals surface area (Å²) in [7, 11) is 0. The zero-order valence-corrected chi connectivity index (χ0v) is 16.7. The van der Waals surface area contributed by atoms with Crippen LogP contribution in [0.1, 0.15) is 39.8 Å². The van der Waals surface area contributed by atoms with Crippen LogP contribution >= 0.6 is 11.3 Å². The molecule has 2 aliphatic heterocycles. The van der Waals surface area contributed by atoms with E-state index in [0.717, 1.165) is 28.9 Å². The van der Waals surface area contributed by atoms with E-state index in [2.05, 4.69) is 48.6 Å². The number of rotatable bonds is 3. The quantitative estimate of drug-likeness (QED) is 0.838. The fraction of sp³-hybridized carbons (Fsp3) is 0.778. The van der Waals surface area contributed by atoms with E-state index in [1.807, 2.05) is 4.52 Å². The molecule has 0 radical (unpaired) electrons. The van der Waals surface area contributed by atoms with Crippen LogP contribution in [0.5, 0.6) is 0 Å². The van der Waals surface area contributed by atoms with Crippen molar-refractivity contribution in [2.75, 3.05) is 50.7 Å². The first-order valence-corrected chi connectivity index (χ1v) is 10.3. The van der Waals surface area contributed by atoms with Crippen molar-refractivity contribution in [3.05, 3.63) is 11.9 Å². The Bertz CT molecular complexity index is 690. The molecule has 1 atom stereocenters. The van der Waals surface area contributed by atoms with Gasteiger partial charge in [0.15, 0.2) is 0 Å². The maximum absolute atomic E-state index is 4.81. The first kappa shape index (κ1) is 17.2. The minimum absolute atomic E-state index is 0.0763. The first-order chi connectivity index (χ1) is 11.9. The third kappa shape index (κ3) is 3.41. The molecule has 25 heavy (non-hydrogen) atoms. The number of imidazole rings is 1. The first-order valence-electron chi connectivity index (χ1n) is 9.52. The van der Waals surface area contributed by atoms with Crippen molar-refractivity contribution in [2.45, 2.75) is 45.6 Å². The molecule has 6 nitrogen and oxygen atoms in total. The van der Waals surface area contributed by atoms with Crippen LogP contribution in [0.2, 0.25) is 0 Å². The minimum Gasteiger partial charge on any atom is -0.345 e. The summed E-state index contributed by atoms with van der Waals surface area (Å²) in [5.74, 6) is 0. The molecule has 0 N–H and O–H groups in total. The molecule has 2 aliphatic rings. The molecule has 0 spiro atoms. The predicted octanol–water partition coefficient (Wildman–Crippen LogP) is 2.30. The predicted molar refractivity (Wildman–Crippen MR) is 104 cm³/mol. The van der Waals surface area contributed by atoms with E-state index in [4.69, 9.17) is 10.1 Å². The van der Waals surface area contributed by atoms with Gasteiger partial charge in [0.05, 0.1) is 11.9 Å². The maximum Gasteiger partial charge on any atom is 0.214 e. The summed E-state index contributed by atoms with van der Waals surface area (Å²) in [5.41, 5.74) is 1.19. The van der Waals surface area contributed by atoms with Gasteiger partial charge in [0.25, 0.3) is 0 Å². The number of aromatic nitrogens is 3. The largest absolute Gasteiger partial charge is 0.345 e. The Hall–Kier alpha value is -1.18. The van der Waals surface area contributed by atoms with Crippen molar-refractivity contribution >= 4 is 21.4 Å². The lowest BCUT2D eigenvalue weighted by Crippen LogP contribution is -2.50. The summed E-state index contributed by atoms with van der Waals surface area (Å²) in [6.45, 7) is 17.1. The number of likely N-dealkylation sites (N-methyl/N-ethyl adjacent to an activating group) is 1. The molecular formula is C18H30N6S. The summed E-state index contributed by atoms with van der Waals surface area (Å²) in [5, 5.41) is 5.93. The lowest BCUT2D eigenvalue weighted by atomic mass is 9.93. The van der Waals surface area contributed by atoms with Gasteiger partial charge in [-0.2, -0.15) is 0 Å². The summed E-state index contributed by atoms with van der Waals surface area (Å²) in [6.07, 6.45) is 3.34. The van der Waals surface area contributed by atoms with Crippen molar-refractivity contribution in [3.8, 4) is 0 Å². The molecule has 2 aromatic heterocycles. The van der Waals surface area contributed by atoms with E-state index in [1.54, 1.807) is 11.3 Å². The van der Waals surface area contributed by atoms with Gasteiger partial charge in [-0.05, 0) is 13.0 Å². The normalized spacial score (nSPS) is 23.8. The molecule has 2 saturated heterocycles. The Morgan fingerprint density at radius 3 is 2.56 bits per heavy atom. The number of hydrogen-bond acceptors (Lipinski definition) is 6. The van der Waals surface area contributed by atoms with Gasteiger partial charge in [-0.15, -0.1) is 5.10 Å². The molecule has 138 valence electrons. The standard InChI is InChI=1S/C18H30N6S/c1-5-21-8-10-22(11-9-21)14-6-7-23(12-14)17-20-24-13-15(18(2,3)4)19-16(24)25-17/h13-14H,5-12H2,1-4H3. The van der Waals surface area contributed by atoms with Crippen LogP contribution in [-0.2, 0) is 5.41 Å². The van der Waals surface area contributed by atoms with Gasteiger partial charge in [0, 0.05) is 50.7 Å². The van der Waals surface area contributed by atoms with Crippen LogP contribution in [0.15, 0.2) is 6.20 Å². The average Bonchev–Trinajstić information content (AvgIpc) is 3.27. The molecule has 7 heteroatoms. The van der Waals surface area contributed by atoms with Gasteiger partial charge in [0.1, 0.15) is 0 Å². The van der Waals surface area contributed by atoms with Crippen LogP contribution < -0.4 is 4.90 Å². The third-order valence-electron chi connectivity index (χ3n) is 5.61. The fourth-order valence-electron chi connectivity index (χ4n) is 3.84. The van der Waals surface area contributed by atoms with Crippen LogP contribution in [0.3, 0.4) is 0 Å². The Kier molecular flexibility index (Phi) is 4.50. The minimum atomic E-state index is 0.0763. The molecule has 4 heterocycles. The highest BCUT2D eigenvalue weighted by molar-refractivity contribution is 7.20. The highest BCUT2D eigenvalue weighted by Crippen LogP contribution is 2.30. The molecule has 0 aromatic carbocycles. The third-order valence-corrected chi connectivity index (χ3v) is 6.59. The SMILES string of the molecule is CCN1CCN(C2CCN(c3nn4cc(C(C)(C)C)nc4s3)C2)CC1. The Labute approximate surface area is 154 Å². The molecule has 4 rings (SSSR count). The van der Waals surface area contributed by atoms with Crippen LogP contribution in [0.25, 0.3) is 4.96 Å². The molecule has 0 saturated carbocycles. The van der Waals surface area contributed by atoms with Crippen molar-refractivity contribution in [1.29, 1.82) is 0 Å². The lowest BCUT2D eigenvalue weighted by molar-refractivity contribution is 0.107. The van der Waals surface area contributed by atoms with Crippen molar-refractivity contribution < 1.29 is 0 Å². The van der Waals surface area contributed by atoms with Gasteiger partial charge in [-0.1, -0.05) is 39.0 Å². The molecule has 0 aliphatic carbocycles. The van der Waals surface area contributed by atoms with Crippen molar-refractivity contribution in [1.82, 2.24) is 24.4 Å². The highest BCUT2D eigenvalue weighted by Gasteiger charge is 2.31. The summed E-state index contributed by atoms with van der Waals surface area (Å²) < 4.78 is 1.97. The highest BCUT2D eigenvalue weighted by atomic mass is 32.1. The van der Waals surface area contributed by atoms with Crippen LogP contribution in [0.4, 0.5) is 5.13 Å². The monoisotopic (exact) mass is 362 g/mol. The number of nitrogens with zero attached hydrogens (tertiary/aromatic N) is 6. The molecule has 2 fully saturated rings. The summed E-state index contributed by atoms with van der Waals surface area (Å²) >= 11 is 1.72. The number of hydrogen-bond donors (Lipinski definition) is 0. The Morgan fingerprint density at radius 2 is 1.92 bits per heavy atom. The average molecular weight is 363 g/mol. The summed E-state index contributed by atoms with van der Waals surface area (Å²) in [6, 6.07) is 0.681. The van der Waals surface area contributed by atoms with E-state index < -0.39 is 0 Å². The van der Waals surface area contributed by atoms with E-state index in [9.17, 15) is 0 Å². The second-order valence-electron chi connectivity index (χ2n) is 8.35. The smallest absolute Gasteiger partial charge is 0.214 e. The van der Waals surface area contributed by atoms with Gasteiger partial charge in [0.2, 0.25) is 10.1 Å². The molecule has 1 unspecified atom stereocenters. The van der Waals surface area contributed by atoms with E-state index in [1.165, 1.54) is 39.1 Å². The second-order valence-corrected chi connectivity index (χ2v) is 9.28. The van der Waals surface area contributed by atoms with E-state index in [-0.39, 0.29) is 5.41 Å². The molecule has 0 bridgehead atoms. The van der Waals surface area contributed by atoms with Gasteiger partial charge < -0.3 is 9.80 Å². The fourth-order valence-corrected chi connectivity index (χ4v) is 4.76. The number of piperazine rings is 1. The van der Waals surface area contributed by atoms with Crippen LogP contribution in [0, 0.1) is 0 Å². The lowest BCUT2D eigenvalue weighted by Gasteiger charge is -2.37. The topological polar surface area (TPSA) is 39.9 Å².